The number of aliphatic hydroxyl groups is 1. The number of piperidine rings is 1. The van der Waals surface area contributed by atoms with E-state index in [1.807, 2.05) is 6.07 Å². The van der Waals surface area contributed by atoms with Crippen LogP contribution in [0.4, 0.5) is 0 Å². The fraction of sp³-hybridized carbons (Fsp3) is 0.500. The summed E-state index contributed by atoms with van der Waals surface area (Å²) in [6, 6.07) is 10.5. The molecule has 2 nitrogen and oxygen atoms in total. The quantitative estimate of drug-likeness (QED) is 0.772. The van der Waals surface area contributed by atoms with E-state index >= 15 is 0 Å². The van der Waals surface area contributed by atoms with E-state index in [1.165, 1.54) is 5.56 Å². The lowest BCUT2D eigenvalue weighted by molar-refractivity contribution is 0.0792. The van der Waals surface area contributed by atoms with E-state index in [0.717, 1.165) is 32.5 Å². The lowest BCUT2D eigenvalue weighted by Crippen LogP contribution is -2.35. The maximum atomic E-state index is 9.37. The summed E-state index contributed by atoms with van der Waals surface area (Å²) in [7, 11) is 0. The first-order valence-corrected chi connectivity index (χ1v) is 5.29. The summed E-state index contributed by atoms with van der Waals surface area (Å²) in [5.41, 5.74) is 1.36. The molecule has 0 aliphatic carbocycles. The van der Waals surface area contributed by atoms with Gasteiger partial charge in [-0.15, -0.1) is 0 Å². The van der Waals surface area contributed by atoms with Crippen LogP contribution in [0.5, 0.6) is 0 Å². The summed E-state index contributed by atoms with van der Waals surface area (Å²) >= 11 is 0. The average Bonchev–Trinajstić information content (AvgIpc) is 2.23. The monoisotopic (exact) mass is 193 g/mol. The highest BCUT2D eigenvalue weighted by Crippen LogP contribution is 2.13. The maximum absolute atomic E-state index is 9.37. The molecule has 0 bridgehead atoms. The van der Waals surface area contributed by atoms with Gasteiger partial charge >= 0.3 is 0 Å². The highest BCUT2D eigenvalue weighted by Gasteiger charge is 2.16. The van der Waals surface area contributed by atoms with Crippen LogP contribution in [0.2, 0.25) is 0 Å². The molecule has 1 aliphatic heterocycles. The smallest absolute Gasteiger partial charge is 0.0564 e. The molecule has 76 valence electrons. The van der Waals surface area contributed by atoms with Gasteiger partial charge in [-0.2, -0.15) is 0 Å². The summed E-state index contributed by atoms with van der Waals surface area (Å²) in [4.78, 5) is 2.40. The lowest BCUT2D eigenvalue weighted by Gasteiger charge is -2.29. The van der Waals surface area contributed by atoms with Crippen LogP contribution >= 0.6 is 0 Å². The van der Waals surface area contributed by atoms with Crippen molar-refractivity contribution >= 4 is 0 Å². The standard InChI is InChI=1S/C12H17NO/c14-12-6-8-13(9-7-12)10-11-4-2-1-3-5-11/h1-5,12,14H,6-10H2/i8+2. The highest BCUT2D eigenvalue weighted by molar-refractivity contribution is 5.14. The van der Waals surface area contributed by atoms with Crippen LogP contribution in [-0.2, 0) is 6.54 Å². The fourth-order valence-corrected chi connectivity index (χ4v) is 1.92. The molecule has 0 radical (unpaired) electrons. The van der Waals surface area contributed by atoms with Gasteiger partial charge in [-0.05, 0) is 18.4 Å². The van der Waals surface area contributed by atoms with Crippen LogP contribution < -0.4 is 0 Å². The van der Waals surface area contributed by atoms with Crippen LogP contribution in [0.25, 0.3) is 0 Å². The first-order valence-electron chi connectivity index (χ1n) is 5.29. The van der Waals surface area contributed by atoms with Gasteiger partial charge in [0.05, 0.1) is 6.10 Å². The number of likely N-dealkylation sites (tertiary alicyclic amines) is 1. The number of rotatable bonds is 2. The number of hydrogen-bond donors (Lipinski definition) is 1. The van der Waals surface area contributed by atoms with Crippen molar-refractivity contribution in [3.05, 3.63) is 35.9 Å². The van der Waals surface area contributed by atoms with Crippen molar-refractivity contribution in [1.82, 2.24) is 4.90 Å². The Labute approximate surface area is 85.2 Å². The molecular formula is C12H17NO. The molecular weight excluding hydrogens is 176 g/mol. The highest BCUT2D eigenvalue weighted by atomic mass is 16.3. The first-order chi connectivity index (χ1) is 6.84. The van der Waals surface area contributed by atoms with Crippen molar-refractivity contribution in [2.24, 2.45) is 0 Å². The van der Waals surface area contributed by atoms with Crippen LogP contribution in [0.1, 0.15) is 18.4 Å². The van der Waals surface area contributed by atoms with Crippen LogP contribution in [0.15, 0.2) is 30.3 Å². The molecule has 0 aromatic heterocycles. The molecule has 1 saturated heterocycles. The van der Waals surface area contributed by atoms with Crippen molar-refractivity contribution < 1.29 is 5.11 Å². The fourth-order valence-electron chi connectivity index (χ4n) is 1.92. The zero-order valence-electron chi connectivity index (χ0n) is 8.39. The van der Waals surface area contributed by atoms with Crippen molar-refractivity contribution in [2.45, 2.75) is 25.5 Å². The Balaban J connectivity index is 1.87. The molecule has 1 heterocycles. The largest absolute Gasteiger partial charge is 0.393 e. The molecule has 0 saturated carbocycles. The second kappa shape index (κ2) is 4.58. The third-order valence-electron chi connectivity index (χ3n) is 2.81. The summed E-state index contributed by atoms with van der Waals surface area (Å²) in [5, 5.41) is 9.37. The van der Waals surface area contributed by atoms with Gasteiger partial charge in [0.25, 0.3) is 0 Å². The maximum Gasteiger partial charge on any atom is 0.0564 e. The Hall–Kier alpha value is -0.860. The lowest BCUT2D eigenvalue weighted by atomic mass is 10.2. The van der Waals surface area contributed by atoms with Crippen LogP contribution in [-0.4, -0.2) is 29.2 Å². The number of nitrogens with zero attached hydrogens (tertiary/aromatic N) is 1. The second-order valence-electron chi connectivity index (χ2n) is 3.99. The Kier molecular flexibility index (Phi) is 3.17. The van der Waals surface area contributed by atoms with E-state index < -0.39 is 0 Å². The predicted octanol–water partition coefficient (Wildman–Crippen LogP) is 1.64. The second-order valence-corrected chi connectivity index (χ2v) is 3.99. The van der Waals surface area contributed by atoms with E-state index in [0.29, 0.717) is 0 Å². The minimum atomic E-state index is -0.0676. The van der Waals surface area contributed by atoms with Crippen LogP contribution in [0.3, 0.4) is 0 Å². The van der Waals surface area contributed by atoms with Gasteiger partial charge in [-0.3, -0.25) is 4.90 Å². The topological polar surface area (TPSA) is 23.5 Å². The molecule has 0 amide bonds. The molecule has 2 rings (SSSR count). The van der Waals surface area contributed by atoms with E-state index in [2.05, 4.69) is 29.2 Å². The van der Waals surface area contributed by atoms with Crippen molar-refractivity contribution in [3.8, 4) is 0 Å². The average molecular weight is 193 g/mol. The zero-order chi connectivity index (χ0) is 9.80. The van der Waals surface area contributed by atoms with Gasteiger partial charge < -0.3 is 5.11 Å². The number of hydrogen-bond acceptors (Lipinski definition) is 2. The summed E-state index contributed by atoms with van der Waals surface area (Å²) in [5.74, 6) is 0. The van der Waals surface area contributed by atoms with Crippen molar-refractivity contribution in [1.29, 1.82) is 0 Å². The zero-order valence-corrected chi connectivity index (χ0v) is 8.39. The Morgan fingerprint density at radius 3 is 2.79 bits per heavy atom. The molecule has 1 aliphatic rings. The third-order valence-corrected chi connectivity index (χ3v) is 2.81. The Bertz CT molecular complexity index is 265. The van der Waals surface area contributed by atoms with Crippen molar-refractivity contribution in [3.63, 3.8) is 0 Å². The van der Waals surface area contributed by atoms with Gasteiger partial charge in [0.1, 0.15) is 0 Å². The number of aliphatic hydroxyl groups excluding tert-OH is 1. The minimum absolute atomic E-state index is 0.0676. The summed E-state index contributed by atoms with van der Waals surface area (Å²) in [6.45, 7) is 3.07. The first kappa shape index (κ1) is 9.69. The van der Waals surface area contributed by atoms with Gasteiger partial charge in [0, 0.05) is 19.6 Å². The summed E-state index contributed by atoms with van der Waals surface area (Å²) in [6.07, 6.45) is 1.78. The third kappa shape index (κ3) is 2.56. The molecule has 0 spiro atoms. The van der Waals surface area contributed by atoms with Gasteiger partial charge in [0.15, 0.2) is 0 Å². The molecule has 1 unspecified atom stereocenters. The summed E-state index contributed by atoms with van der Waals surface area (Å²) < 4.78 is 0. The predicted molar refractivity (Wildman–Crippen MR) is 57.0 cm³/mol. The molecule has 2 heteroatoms. The molecule has 1 N–H and O–H groups in total. The molecule has 1 aromatic rings. The van der Waals surface area contributed by atoms with E-state index in [-0.39, 0.29) is 6.10 Å². The van der Waals surface area contributed by atoms with E-state index in [4.69, 9.17) is 0 Å². The van der Waals surface area contributed by atoms with E-state index in [9.17, 15) is 5.11 Å². The Morgan fingerprint density at radius 2 is 2.14 bits per heavy atom. The molecule has 1 atom stereocenters. The normalized spacial score (nSPS) is 23.6. The Morgan fingerprint density at radius 1 is 1.36 bits per heavy atom. The van der Waals surface area contributed by atoms with Gasteiger partial charge in [0.2, 0.25) is 0 Å². The molecule has 1 aromatic carbocycles. The van der Waals surface area contributed by atoms with Gasteiger partial charge in [-0.25, -0.2) is 0 Å². The van der Waals surface area contributed by atoms with Crippen LogP contribution in [0, 0.1) is 0 Å². The SMILES string of the molecule is OC1CCN(Cc2ccccc2)[14CH2]C1. The van der Waals surface area contributed by atoms with Gasteiger partial charge in [-0.1, -0.05) is 30.3 Å². The van der Waals surface area contributed by atoms with E-state index in [1.54, 1.807) is 0 Å². The number of benzene rings is 1. The minimum Gasteiger partial charge on any atom is -0.393 e. The van der Waals surface area contributed by atoms with Crippen molar-refractivity contribution in [2.75, 3.05) is 13.1 Å². The molecule has 14 heavy (non-hydrogen) atoms. The molecule has 1 fully saturated rings.